The van der Waals surface area contributed by atoms with Crippen molar-refractivity contribution < 1.29 is 18.7 Å². The monoisotopic (exact) mass is 419 g/mol. The van der Waals surface area contributed by atoms with Gasteiger partial charge in [-0.1, -0.05) is 48.5 Å². The van der Waals surface area contributed by atoms with Crippen LogP contribution in [0.3, 0.4) is 0 Å². The Morgan fingerprint density at radius 1 is 1.13 bits per heavy atom. The number of esters is 1. The summed E-state index contributed by atoms with van der Waals surface area (Å²) in [6.45, 7) is 1.38. The highest BCUT2D eigenvalue weighted by atomic mass is 16.5. The zero-order valence-corrected chi connectivity index (χ0v) is 16.8. The highest BCUT2D eigenvalue weighted by Crippen LogP contribution is 2.23. The van der Waals surface area contributed by atoms with E-state index in [0.717, 1.165) is 16.5 Å². The molecule has 2 heterocycles. The fourth-order valence-corrected chi connectivity index (χ4v) is 3.24. The Hall–Kier alpha value is -4.01. The van der Waals surface area contributed by atoms with Gasteiger partial charge in [-0.15, -0.1) is 5.10 Å². The lowest BCUT2D eigenvalue weighted by atomic mass is 10.1. The number of ether oxygens (including phenoxy) is 1. The minimum absolute atomic E-state index is 0.335. The molecule has 0 fully saturated rings. The molecule has 2 atom stereocenters. The molecule has 0 bridgehead atoms. The Morgan fingerprint density at radius 3 is 2.65 bits per heavy atom. The van der Waals surface area contributed by atoms with Crippen LogP contribution in [0.5, 0.6) is 0 Å². The largest absolute Gasteiger partial charge is 0.459 e. The second-order valence-corrected chi connectivity index (χ2v) is 7.08. The molecule has 0 aliphatic rings. The van der Waals surface area contributed by atoms with E-state index in [4.69, 9.17) is 9.15 Å². The zero-order valence-electron chi connectivity index (χ0n) is 16.8. The lowest BCUT2D eigenvalue weighted by Gasteiger charge is -2.16. The van der Waals surface area contributed by atoms with E-state index in [9.17, 15) is 9.59 Å². The van der Waals surface area contributed by atoms with Crippen molar-refractivity contribution in [3.63, 3.8) is 0 Å². The van der Waals surface area contributed by atoms with E-state index in [2.05, 4.69) is 20.8 Å². The molecule has 4 aromatic rings. The summed E-state index contributed by atoms with van der Waals surface area (Å²) in [4.78, 5) is 25.0. The highest BCUT2D eigenvalue weighted by molar-refractivity contribution is 5.82. The van der Waals surface area contributed by atoms with E-state index in [0.29, 0.717) is 12.2 Å². The molecule has 0 radical (unpaired) electrons. The molecular weight excluding hydrogens is 398 g/mol. The van der Waals surface area contributed by atoms with Gasteiger partial charge in [-0.25, -0.2) is 9.48 Å². The van der Waals surface area contributed by atoms with Crippen molar-refractivity contribution in [3.8, 4) is 0 Å². The van der Waals surface area contributed by atoms with Crippen LogP contribution in [0, 0.1) is 0 Å². The van der Waals surface area contributed by atoms with Crippen molar-refractivity contribution in [1.82, 2.24) is 25.5 Å². The summed E-state index contributed by atoms with van der Waals surface area (Å²) in [5, 5.41) is 14.7. The molecule has 0 unspecified atom stereocenters. The maximum Gasteiger partial charge on any atom is 0.331 e. The maximum absolute atomic E-state index is 12.7. The summed E-state index contributed by atoms with van der Waals surface area (Å²) in [6.07, 6.45) is 1.68. The third-order valence-electron chi connectivity index (χ3n) is 4.82. The molecule has 4 rings (SSSR count). The van der Waals surface area contributed by atoms with Crippen LogP contribution in [-0.4, -0.2) is 38.7 Å². The number of nitrogens with one attached hydrogen (secondary N) is 1. The number of hydrogen-bond acceptors (Lipinski definition) is 7. The fraction of sp³-hybridized carbons (Fsp3) is 0.227. The van der Waals surface area contributed by atoms with Crippen LogP contribution in [-0.2, 0) is 20.7 Å². The number of benzene rings is 2. The molecule has 1 amide bonds. The predicted octanol–water partition coefficient (Wildman–Crippen LogP) is 2.62. The third-order valence-corrected chi connectivity index (χ3v) is 4.82. The normalized spacial score (nSPS) is 12.9. The van der Waals surface area contributed by atoms with Gasteiger partial charge in [0.15, 0.2) is 12.6 Å². The molecule has 1 N–H and O–H groups in total. The molecule has 9 heteroatoms. The Morgan fingerprint density at radius 2 is 1.90 bits per heavy atom. The first-order chi connectivity index (χ1) is 15.1. The van der Waals surface area contributed by atoms with Crippen LogP contribution in [0.4, 0.5) is 0 Å². The SMILES string of the molecule is C[C@H](NC(=O)COC(=O)[C@H](Cc1ccccc1)n1cnnn1)c1cc2ccccc2o1. The smallest absolute Gasteiger partial charge is 0.331 e. The summed E-state index contributed by atoms with van der Waals surface area (Å²) in [7, 11) is 0. The summed E-state index contributed by atoms with van der Waals surface area (Å²) >= 11 is 0. The van der Waals surface area contributed by atoms with E-state index in [1.807, 2.05) is 60.7 Å². The first-order valence-corrected chi connectivity index (χ1v) is 9.81. The minimum Gasteiger partial charge on any atom is -0.459 e. The molecule has 158 valence electrons. The quantitative estimate of drug-likeness (QED) is 0.437. The lowest BCUT2D eigenvalue weighted by molar-refractivity contribution is -0.152. The number of fused-ring (bicyclic) bond motifs is 1. The second kappa shape index (κ2) is 9.21. The number of furan rings is 1. The standard InChI is InChI=1S/C22H21N5O4/c1-15(20-12-17-9-5-6-10-19(17)31-20)24-21(28)13-30-22(29)18(27-14-23-25-26-27)11-16-7-3-2-4-8-16/h2-10,12,14-15,18H,11,13H2,1H3,(H,24,28)/t15-,18-/m0/s1. The molecule has 0 aliphatic heterocycles. The van der Waals surface area contributed by atoms with Gasteiger partial charge < -0.3 is 14.5 Å². The van der Waals surface area contributed by atoms with E-state index in [1.165, 1.54) is 11.0 Å². The number of rotatable bonds is 8. The summed E-state index contributed by atoms with van der Waals surface area (Å²) < 4.78 is 12.3. The van der Waals surface area contributed by atoms with Crippen molar-refractivity contribution >= 4 is 22.8 Å². The second-order valence-electron chi connectivity index (χ2n) is 7.08. The van der Waals surface area contributed by atoms with Crippen LogP contribution >= 0.6 is 0 Å². The van der Waals surface area contributed by atoms with Crippen molar-refractivity contribution in [1.29, 1.82) is 0 Å². The first-order valence-electron chi connectivity index (χ1n) is 9.81. The molecular formula is C22H21N5O4. The van der Waals surface area contributed by atoms with Crippen molar-refractivity contribution in [2.45, 2.75) is 25.4 Å². The number of nitrogens with zero attached hydrogens (tertiary/aromatic N) is 4. The Kier molecular flexibility index (Phi) is 6.02. The van der Waals surface area contributed by atoms with Gasteiger partial charge in [-0.3, -0.25) is 4.79 Å². The maximum atomic E-state index is 12.7. The van der Waals surface area contributed by atoms with Gasteiger partial charge >= 0.3 is 5.97 Å². The molecule has 0 spiro atoms. The molecule has 0 aliphatic carbocycles. The molecule has 2 aromatic heterocycles. The number of tetrazole rings is 1. The van der Waals surface area contributed by atoms with Crippen molar-refractivity contribution in [2.24, 2.45) is 0 Å². The van der Waals surface area contributed by atoms with Crippen LogP contribution in [0.1, 0.15) is 30.3 Å². The van der Waals surface area contributed by atoms with Crippen molar-refractivity contribution in [2.75, 3.05) is 6.61 Å². The number of para-hydroxylation sites is 1. The Bertz CT molecular complexity index is 1120. The van der Waals surface area contributed by atoms with Gasteiger partial charge in [0.25, 0.3) is 5.91 Å². The van der Waals surface area contributed by atoms with Crippen LogP contribution in [0.2, 0.25) is 0 Å². The summed E-state index contributed by atoms with van der Waals surface area (Å²) in [5.41, 5.74) is 1.66. The molecule has 2 aromatic carbocycles. The number of carbonyl (C=O) groups is 2. The van der Waals surface area contributed by atoms with Gasteiger partial charge in [0.2, 0.25) is 0 Å². The predicted molar refractivity (Wildman–Crippen MR) is 111 cm³/mol. The van der Waals surface area contributed by atoms with E-state index < -0.39 is 24.5 Å². The zero-order chi connectivity index (χ0) is 21.6. The number of aromatic nitrogens is 4. The van der Waals surface area contributed by atoms with Gasteiger partial charge in [-0.05, 0) is 35.0 Å². The lowest BCUT2D eigenvalue weighted by Crippen LogP contribution is -2.33. The van der Waals surface area contributed by atoms with Crippen LogP contribution < -0.4 is 5.32 Å². The first kappa shape index (κ1) is 20.3. The Balaban J connectivity index is 1.36. The summed E-state index contributed by atoms with van der Waals surface area (Å²) in [5.74, 6) is -0.407. The topological polar surface area (TPSA) is 112 Å². The van der Waals surface area contributed by atoms with Gasteiger partial charge in [-0.2, -0.15) is 0 Å². The van der Waals surface area contributed by atoms with Crippen molar-refractivity contribution in [3.05, 3.63) is 78.3 Å². The number of hydrogen-bond donors (Lipinski definition) is 1. The minimum atomic E-state index is -0.780. The summed E-state index contributed by atoms with van der Waals surface area (Å²) in [6, 6.07) is 17.8. The molecule has 0 saturated heterocycles. The molecule has 31 heavy (non-hydrogen) atoms. The molecule has 9 nitrogen and oxygen atoms in total. The highest BCUT2D eigenvalue weighted by Gasteiger charge is 2.25. The fourth-order valence-electron chi connectivity index (χ4n) is 3.24. The average molecular weight is 419 g/mol. The van der Waals surface area contributed by atoms with E-state index in [-0.39, 0.29) is 6.04 Å². The molecule has 0 saturated carbocycles. The van der Waals surface area contributed by atoms with E-state index in [1.54, 1.807) is 6.92 Å². The number of amides is 1. The Labute approximate surface area is 178 Å². The van der Waals surface area contributed by atoms with Crippen LogP contribution in [0.15, 0.2) is 71.4 Å². The van der Waals surface area contributed by atoms with Gasteiger partial charge in [0.1, 0.15) is 17.7 Å². The van der Waals surface area contributed by atoms with Crippen LogP contribution in [0.25, 0.3) is 11.0 Å². The van der Waals surface area contributed by atoms with E-state index >= 15 is 0 Å². The average Bonchev–Trinajstić information content (AvgIpc) is 3.46. The number of carbonyl (C=O) groups excluding carboxylic acids is 2. The third kappa shape index (κ3) is 4.95. The van der Waals surface area contributed by atoms with Gasteiger partial charge in [0, 0.05) is 11.8 Å². The van der Waals surface area contributed by atoms with Gasteiger partial charge in [0.05, 0.1) is 6.04 Å².